The Hall–Kier alpha value is -1.56. The molecule has 0 saturated heterocycles. The molecule has 0 aliphatic heterocycles. The molecule has 0 heterocycles. The van der Waals surface area contributed by atoms with Crippen LogP contribution in [0.15, 0.2) is 24.3 Å². The van der Waals surface area contributed by atoms with Gasteiger partial charge in [-0.15, -0.1) is 0 Å². The summed E-state index contributed by atoms with van der Waals surface area (Å²) in [6.45, 7) is 5.21. The van der Waals surface area contributed by atoms with Crippen LogP contribution in [0.4, 0.5) is 13.2 Å². The van der Waals surface area contributed by atoms with Gasteiger partial charge in [0.05, 0.1) is 12.7 Å². The summed E-state index contributed by atoms with van der Waals surface area (Å²) in [7, 11) is 1.26. The first-order valence-electron chi connectivity index (χ1n) is 6.68. The van der Waals surface area contributed by atoms with Gasteiger partial charge in [0.15, 0.2) is 0 Å². The van der Waals surface area contributed by atoms with Gasteiger partial charge in [-0.25, -0.2) is 0 Å². The predicted molar refractivity (Wildman–Crippen MR) is 73.6 cm³/mol. The number of halogens is 3. The Balaban J connectivity index is 3.04. The van der Waals surface area contributed by atoms with E-state index in [0.717, 1.165) is 6.07 Å². The molecule has 6 heteroatoms. The van der Waals surface area contributed by atoms with Crippen molar-refractivity contribution in [2.45, 2.75) is 39.0 Å². The number of hydrogen-bond acceptors (Lipinski definition) is 3. The molecule has 1 aromatic carbocycles. The van der Waals surface area contributed by atoms with E-state index >= 15 is 0 Å². The van der Waals surface area contributed by atoms with E-state index in [1.807, 2.05) is 0 Å². The van der Waals surface area contributed by atoms with Gasteiger partial charge in [-0.2, -0.15) is 13.2 Å². The average Bonchev–Trinajstić information content (AvgIpc) is 2.42. The second-order valence-electron chi connectivity index (χ2n) is 5.22. The molecular weight excluding hydrogens is 283 g/mol. The highest BCUT2D eigenvalue weighted by atomic mass is 19.4. The average molecular weight is 303 g/mol. The first-order chi connectivity index (χ1) is 9.68. The zero-order valence-corrected chi connectivity index (χ0v) is 12.5. The second kappa shape index (κ2) is 6.93. The summed E-state index contributed by atoms with van der Waals surface area (Å²) in [5.41, 5.74) is -0.586. The summed E-state index contributed by atoms with van der Waals surface area (Å²) in [6.07, 6.45) is -4.43. The van der Waals surface area contributed by atoms with Crippen molar-refractivity contribution >= 4 is 5.97 Å². The second-order valence-corrected chi connectivity index (χ2v) is 5.22. The van der Waals surface area contributed by atoms with Gasteiger partial charge >= 0.3 is 12.1 Å². The topological polar surface area (TPSA) is 38.3 Å². The van der Waals surface area contributed by atoms with Crippen molar-refractivity contribution in [2.24, 2.45) is 5.92 Å². The van der Waals surface area contributed by atoms with E-state index in [-0.39, 0.29) is 11.5 Å². The Morgan fingerprint density at radius 3 is 2.24 bits per heavy atom. The lowest BCUT2D eigenvalue weighted by Crippen LogP contribution is -2.43. The van der Waals surface area contributed by atoms with E-state index in [0.29, 0.717) is 0 Å². The van der Waals surface area contributed by atoms with Crippen LogP contribution in [0.1, 0.15) is 37.9 Å². The van der Waals surface area contributed by atoms with Crippen LogP contribution in [-0.4, -0.2) is 19.1 Å². The summed E-state index contributed by atoms with van der Waals surface area (Å²) in [6, 6.07) is 4.05. The molecule has 3 nitrogen and oxygen atoms in total. The first kappa shape index (κ1) is 17.5. The number of esters is 1. The van der Waals surface area contributed by atoms with Gasteiger partial charge in [-0.05, 0) is 24.5 Å². The molecule has 0 bridgehead atoms. The molecule has 1 N–H and O–H groups in total. The largest absolute Gasteiger partial charge is 0.468 e. The van der Waals surface area contributed by atoms with Crippen molar-refractivity contribution in [1.82, 2.24) is 5.32 Å². The number of nitrogens with one attached hydrogen (secondary N) is 1. The maximum absolute atomic E-state index is 13.0. The Kier molecular flexibility index (Phi) is 5.78. The monoisotopic (exact) mass is 303 g/mol. The molecule has 0 radical (unpaired) electrons. The highest BCUT2D eigenvalue weighted by molar-refractivity contribution is 5.76. The SMILES string of the molecule is COC(=O)[C@@H](NC(C)c1ccccc1C(F)(F)F)C(C)C. The fourth-order valence-corrected chi connectivity index (χ4v) is 2.15. The van der Waals surface area contributed by atoms with Crippen LogP contribution in [0, 0.1) is 5.92 Å². The van der Waals surface area contributed by atoms with E-state index in [2.05, 4.69) is 10.1 Å². The molecular formula is C15H20F3NO2. The maximum Gasteiger partial charge on any atom is 0.416 e. The highest BCUT2D eigenvalue weighted by Gasteiger charge is 2.35. The first-order valence-corrected chi connectivity index (χ1v) is 6.68. The predicted octanol–water partition coefficient (Wildman–Crippen LogP) is 3.55. The number of alkyl halides is 3. The number of hydrogen-bond donors (Lipinski definition) is 1. The van der Waals surface area contributed by atoms with Crippen LogP contribution in [0.5, 0.6) is 0 Å². The zero-order chi connectivity index (χ0) is 16.2. The van der Waals surface area contributed by atoms with E-state index in [4.69, 9.17) is 0 Å². The lowest BCUT2D eigenvalue weighted by molar-refractivity contribution is -0.144. The number of ether oxygens (including phenoxy) is 1. The van der Waals surface area contributed by atoms with Gasteiger partial charge in [0.25, 0.3) is 0 Å². The molecule has 2 atom stereocenters. The Bertz CT molecular complexity index is 486. The Morgan fingerprint density at radius 1 is 1.19 bits per heavy atom. The van der Waals surface area contributed by atoms with Gasteiger partial charge < -0.3 is 4.74 Å². The quantitative estimate of drug-likeness (QED) is 0.845. The summed E-state index contributed by atoms with van der Waals surface area (Å²) in [5.74, 6) is -0.584. The summed E-state index contributed by atoms with van der Waals surface area (Å²) < 4.78 is 43.7. The van der Waals surface area contributed by atoms with Gasteiger partial charge in [0.1, 0.15) is 6.04 Å². The fraction of sp³-hybridized carbons (Fsp3) is 0.533. The van der Waals surface area contributed by atoms with Crippen molar-refractivity contribution in [2.75, 3.05) is 7.11 Å². The number of methoxy groups -OCH3 is 1. The van der Waals surface area contributed by atoms with Gasteiger partial charge in [0.2, 0.25) is 0 Å². The highest BCUT2D eigenvalue weighted by Crippen LogP contribution is 2.34. The van der Waals surface area contributed by atoms with E-state index < -0.39 is 29.8 Å². The Labute approximate surface area is 122 Å². The third-order valence-corrected chi connectivity index (χ3v) is 3.28. The van der Waals surface area contributed by atoms with Gasteiger partial charge in [-0.1, -0.05) is 32.0 Å². The van der Waals surface area contributed by atoms with E-state index in [9.17, 15) is 18.0 Å². The molecule has 1 rings (SSSR count). The third kappa shape index (κ3) is 4.46. The van der Waals surface area contributed by atoms with Crippen LogP contribution >= 0.6 is 0 Å². The molecule has 1 unspecified atom stereocenters. The van der Waals surface area contributed by atoms with Crippen molar-refractivity contribution < 1.29 is 22.7 Å². The third-order valence-electron chi connectivity index (χ3n) is 3.28. The van der Waals surface area contributed by atoms with Crippen molar-refractivity contribution in [3.05, 3.63) is 35.4 Å². The molecule has 0 saturated carbocycles. The molecule has 0 amide bonds. The van der Waals surface area contributed by atoms with Crippen molar-refractivity contribution in [1.29, 1.82) is 0 Å². The normalized spacial score (nSPS) is 14.9. The molecule has 0 aliphatic rings. The van der Waals surface area contributed by atoms with Crippen LogP contribution < -0.4 is 5.32 Å². The summed E-state index contributed by atoms with van der Waals surface area (Å²) in [4.78, 5) is 11.7. The number of benzene rings is 1. The van der Waals surface area contributed by atoms with Gasteiger partial charge in [0, 0.05) is 6.04 Å². The lowest BCUT2D eigenvalue weighted by Gasteiger charge is -2.26. The van der Waals surface area contributed by atoms with Crippen LogP contribution in [0.3, 0.4) is 0 Å². The molecule has 0 spiro atoms. The summed E-state index contributed by atoms with van der Waals surface area (Å²) >= 11 is 0. The van der Waals surface area contributed by atoms with Crippen molar-refractivity contribution in [3.63, 3.8) is 0 Å². The van der Waals surface area contributed by atoms with Crippen molar-refractivity contribution in [3.8, 4) is 0 Å². The molecule has 0 fully saturated rings. The number of carbonyl (C=O) groups excluding carboxylic acids is 1. The van der Waals surface area contributed by atoms with Crippen LogP contribution in [0.2, 0.25) is 0 Å². The van der Waals surface area contributed by atoms with Crippen LogP contribution in [-0.2, 0) is 15.7 Å². The smallest absolute Gasteiger partial charge is 0.416 e. The minimum Gasteiger partial charge on any atom is -0.468 e. The minimum atomic E-state index is -4.43. The molecule has 21 heavy (non-hydrogen) atoms. The van der Waals surface area contributed by atoms with Gasteiger partial charge in [-0.3, -0.25) is 10.1 Å². The van der Waals surface area contributed by atoms with E-state index in [1.54, 1.807) is 26.8 Å². The molecule has 118 valence electrons. The zero-order valence-electron chi connectivity index (χ0n) is 12.5. The number of rotatable bonds is 5. The number of carbonyl (C=O) groups is 1. The molecule has 0 aliphatic carbocycles. The minimum absolute atomic E-state index is 0.0991. The standard InChI is InChI=1S/C15H20F3NO2/c1-9(2)13(14(20)21-4)19-10(3)11-7-5-6-8-12(11)15(16,17)18/h5-10,13,19H,1-4H3/t10?,13-/m0/s1. The molecule has 1 aromatic rings. The fourth-order valence-electron chi connectivity index (χ4n) is 2.15. The van der Waals surface area contributed by atoms with E-state index in [1.165, 1.54) is 19.2 Å². The van der Waals surface area contributed by atoms with Crippen LogP contribution in [0.25, 0.3) is 0 Å². The molecule has 0 aromatic heterocycles. The lowest BCUT2D eigenvalue weighted by atomic mass is 9.97. The maximum atomic E-state index is 13.0. The Morgan fingerprint density at radius 2 is 1.76 bits per heavy atom. The summed E-state index contributed by atoms with van der Waals surface area (Å²) in [5, 5.41) is 2.92.